The zero-order valence-electron chi connectivity index (χ0n) is 8.66. The maximum Gasteiger partial charge on any atom is 0.148 e. The summed E-state index contributed by atoms with van der Waals surface area (Å²) in [7, 11) is 0. The van der Waals surface area contributed by atoms with E-state index in [1.165, 1.54) is 26.1 Å². The summed E-state index contributed by atoms with van der Waals surface area (Å²) in [4.78, 5) is 18.9. The van der Waals surface area contributed by atoms with Gasteiger partial charge in [-0.05, 0) is 19.8 Å². The molecule has 1 fully saturated rings. The van der Waals surface area contributed by atoms with Crippen molar-refractivity contribution in [3.63, 3.8) is 0 Å². The first-order valence-electron chi connectivity index (χ1n) is 5.06. The van der Waals surface area contributed by atoms with Crippen molar-refractivity contribution in [2.75, 3.05) is 17.2 Å². The molecule has 15 heavy (non-hydrogen) atoms. The maximum atomic E-state index is 10.8. The zero-order valence-corrected chi connectivity index (χ0v) is 8.66. The van der Waals surface area contributed by atoms with Crippen molar-refractivity contribution in [3.05, 3.63) is 12.4 Å². The molecule has 1 aromatic heterocycles. The fourth-order valence-electron chi connectivity index (χ4n) is 1.18. The molecule has 0 saturated heterocycles. The molecule has 0 bridgehead atoms. The van der Waals surface area contributed by atoms with E-state index in [0.29, 0.717) is 18.4 Å². The normalized spacial score (nSPS) is 14.7. The van der Waals surface area contributed by atoms with Crippen molar-refractivity contribution >= 4 is 17.4 Å². The summed E-state index contributed by atoms with van der Waals surface area (Å²) in [5, 5.41) is 6.21. The molecular weight excluding hydrogens is 192 g/mol. The Labute approximate surface area is 88.3 Å². The minimum atomic E-state index is 0.0883. The lowest BCUT2D eigenvalue weighted by Gasteiger charge is -2.06. The lowest BCUT2D eigenvalue weighted by atomic mass is 10.4. The lowest BCUT2D eigenvalue weighted by molar-refractivity contribution is -0.115. The number of rotatable bonds is 5. The largest absolute Gasteiger partial charge is 0.367 e. The smallest absolute Gasteiger partial charge is 0.148 e. The first-order valence-corrected chi connectivity index (χ1v) is 5.06. The number of hydrogen-bond donors (Lipinski definition) is 2. The molecule has 0 atom stereocenters. The van der Waals surface area contributed by atoms with Crippen LogP contribution in [-0.4, -0.2) is 28.3 Å². The van der Waals surface area contributed by atoms with Gasteiger partial charge in [0, 0.05) is 12.1 Å². The van der Waals surface area contributed by atoms with Crippen LogP contribution in [0, 0.1) is 0 Å². The minimum Gasteiger partial charge on any atom is -0.367 e. The van der Waals surface area contributed by atoms with E-state index in [4.69, 9.17) is 0 Å². The molecule has 2 rings (SSSR count). The Morgan fingerprint density at radius 2 is 2.20 bits per heavy atom. The van der Waals surface area contributed by atoms with Gasteiger partial charge in [-0.15, -0.1) is 0 Å². The molecule has 0 amide bonds. The quantitative estimate of drug-likeness (QED) is 0.753. The molecular formula is C10H14N4O. The highest BCUT2D eigenvalue weighted by Gasteiger charge is 2.21. The van der Waals surface area contributed by atoms with Gasteiger partial charge in [0.05, 0.1) is 6.54 Å². The van der Waals surface area contributed by atoms with Crippen LogP contribution < -0.4 is 10.6 Å². The molecule has 5 heteroatoms. The van der Waals surface area contributed by atoms with Crippen LogP contribution >= 0.6 is 0 Å². The molecule has 80 valence electrons. The molecule has 1 saturated carbocycles. The monoisotopic (exact) mass is 206 g/mol. The third-order valence-corrected chi connectivity index (χ3v) is 2.11. The van der Waals surface area contributed by atoms with Gasteiger partial charge in [0.1, 0.15) is 23.7 Å². The Morgan fingerprint density at radius 1 is 1.47 bits per heavy atom. The van der Waals surface area contributed by atoms with E-state index in [-0.39, 0.29) is 5.78 Å². The van der Waals surface area contributed by atoms with Crippen LogP contribution in [-0.2, 0) is 4.79 Å². The van der Waals surface area contributed by atoms with Crippen molar-refractivity contribution in [3.8, 4) is 0 Å². The second-order valence-electron chi connectivity index (χ2n) is 3.76. The van der Waals surface area contributed by atoms with Gasteiger partial charge in [-0.2, -0.15) is 0 Å². The second kappa shape index (κ2) is 4.25. The van der Waals surface area contributed by atoms with E-state index in [2.05, 4.69) is 20.6 Å². The van der Waals surface area contributed by atoms with Crippen molar-refractivity contribution in [2.24, 2.45) is 0 Å². The highest BCUT2D eigenvalue weighted by atomic mass is 16.1. The standard InChI is InChI=1S/C10H14N4O/c1-7(15)5-11-9-4-10(13-6-12-9)14-8-2-3-8/h4,6,8H,2-3,5H2,1H3,(H2,11,12,13,14). The molecule has 1 aliphatic carbocycles. The number of nitrogens with one attached hydrogen (secondary N) is 2. The molecule has 0 unspecified atom stereocenters. The Bertz CT molecular complexity index is 362. The van der Waals surface area contributed by atoms with E-state index < -0.39 is 0 Å². The molecule has 1 aliphatic rings. The SMILES string of the molecule is CC(=O)CNc1cc(NC2CC2)ncn1. The fraction of sp³-hybridized carbons (Fsp3) is 0.500. The van der Waals surface area contributed by atoms with Gasteiger partial charge in [-0.3, -0.25) is 4.79 Å². The van der Waals surface area contributed by atoms with Gasteiger partial charge in [0.2, 0.25) is 0 Å². The summed E-state index contributed by atoms with van der Waals surface area (Å²) in [5.41, 5.74) is 0. The first kappa shape index (κ1) is 9.89. The number of nitrogens with zero attached hydrogens (tertiary/aromatic N) is 2. The summed E-state index contributed by atoms with van der Waals surface area (Å²) < 4.78 is 0. The molecule has 5 nitrogen and oxygen atoms in total. The molecule has 2 N–H and O–H groups in total. The first-order chi connectivity index (χ1) is 7.24. The van der Waals surface area contributed by atoms with E-state index in [9.17, 15) is 4.79 Å². The summed E-state index contributed by atoms with van der Waals surface area (Å²) in [6, 6.07) is 2.39. The van der Waals surface area contributed by atoms with Crippen LogP contribution in [0.5, 0.6) is 0 Å². The van der Waals surface area contributed by atoms with Gasteiger partial charge in [0.25, 0.3) is 0 Å². The summed E-state index contributed by atoms with van der Waals surface area (Å²) >= 11 is 0. The van der Waals surface area contributed by atoms with Gasteiger partial charge in [-0.25, -0.2) is 9.97 Å². The Hall–Kier alpha value is -1.65. The lowest BCUT2D eigenvalue weighted by Crippen LogP contribution is -2.12. The van der Waals surface area contributed by atoms with Crippen LogP contribution in [0.4, 0.5) is 11.6 Å². The van der Waals surface area contributed by atoms with Crippen molar-refractivity contribution in [1.82, 2.24) is 9.97 Å². The number of carbonyl (C=O) groups excluding carboxylic acids is 1. The van der Waals surface area contributed by atoms with Crippen LogP contribution in [0.25, 0.3) is 0 Å². The number of carbonyl (C=O) groups is 1. The van der Waals surface area contributed by atoms with Crippen molar-refractivity contribution < 1.29 is 4.79 Å². The summed E-state index contributed by atoms with van der Waals surface area (Å²) in [5.74, 6) is 1.59. The predicted molar refractivity (Wildman–Crippen MR) is 57.8 cm³/mol. The third kappa shape index (κ3) is 3.19. The summed E-state index contributed by atoms with van der Waals surface area (Å²) in [6.07, 6.45) is 3.91. The van der Waals surface area contributed by atoms with Gasteiger partial charge >= 0.3 is 0 Å². The highest BCUT2D eigenvalue weighted by molar-refractivity contribution is 5.80. The zero-order chi connectivity index (χ0) is 10.7. The predicted octanol–water partition coefficient (Wildman–Crippen LogP) is 1.05. The van der Waals surface area contributed by atoms with Crippen molar-refractivity contribution in [1.29, 1.82) is 0 Å². The average molecular weight is 206 g/mol. The average Bonchev–Trinajstić information content (AvgIpc) is 2.99. The molecule has 1 aromatic rings. The van der Waals surface area contributed by atoms with E-state index in [0.717, 1.165) is 5.82 Å². The van der Waals surface area contributed by atoms with E-state index in [1.54, 1.807) is 0 Å². The maximum absolute atomic E-state index is 10.8. The fourth-order valence-corrected chi connectivity index (χ4v) is 1.18. The highest BCUT2D eigenvalue weighted by Crippen LogP contribution is 2.23. The number of ketones is 1. The number of Topliss-reactive ketones (excluding diaryl/α,β-unsaturated/α-hetero) is 1. The van der Waals surface area contributed by atoms with Gasteiger partial charge < -0.3 is 10.6 Å². The minimum absolute atomic E-state index is 0.0883. The van der Waals surface area contributed by atoms with Crippen LogP contribution in [0.3, 0.4) is 0 Å². The molecule has 0 radical (unpaired) electrons. The Kier molecular flexibility index (Phi) is 2.80. The van der Waals surface area contributed by atoms with Crippen LogP contribution in [0.2, 0.25) is 0 Å². The Morgan fingerprint density at radius 3 is 2.87 bits per heavy atom. The van der Waals surface area contributed by atoms with Crippen molar-refractivity contribution in [2.45, 2.75) is 25.8 Å². The third-order valence-electron chi connectivity index (χ3n) is 2.11. The summed E-state index contributed by atoms with van der Waals surface area (Å²) in [6.45, 7) is 1.84. The molecule has 1 heterocycles. The topological polar surface area (TPSA) is 66.9 Å². The van der Waals surface area contributed by atoms with E-state index >= 15 is 0 Å². The second-order valence-corrected chi connectivity index (χ2v) is 3.76. The molecule has 0 aliphatic heterocycles. The van der Waals surface area contributed by atoms with E-state index in [1.807, 2.05) is 6.07 Å². The number of aromatic nitrogens is 2. The van der Waals surface area contributed by atoms with Crippen LogP contribution in [0.1, 0.15) is 19.8 Å². The van der Waals surface area contributed by atoms with Gasteiger partial charge in [0.15, 0.2) is 0 Å². The number of hydrogen-bond acceptors (Lipinski definition) is 5. The number of anilines is 2. The Balaban J connectivity index is 1.94. The molecule has 0 spiro atoms. The van der Waals surface area contributed by atoms with Gasteiger partial charge in [-0.1, -0.05) is 0 Å². The molecule has 0 aromatic carbocycles. The van der Waals surface area contributed by atoms with Crippen LogP contribution in [0.15, 0.2) is 12.4 Å².